The highest BCUT2D eigenvalue weighted by Crippen LogP contribution is 2.22. The number of aryl methyl sites for hydroxylation is 1. The summed E-state index contributed by atoms with van der Waals surface area (Å²) >= 11 is 7.51. The number of nitrogen functional groups attached to an aromatic ring is 1. The van der Waals surface area contributed by atoms with Crippen molar-refractivity contribution in [2.24, 2.45) is 0 Å². The molecule has 0 fully saturated rings. The first-order valence-electron chi connectivity index (χ1n) is 5.49. The summed E-state index contributed by atoms with van der Waals surface area (Å²) in [4.78, 5) is 1.30. The van der Waals surface area contributed by atoms with E-state index in [1.54, 1.807) is 11.3 Å². The van der Waals surface area contributed by atoms with E-state index in [0.29, 0.717) is 0 Å². The van der Waals surface area contributed by atoms with Gasteiger partial charge in [-0.3, -0.25) is 0 Å². The van der Waals surface area contributed by atoms with Crippen molar-refractivity contribution in [3.63, 3.8) is 0 Å². The van der Waals surface area contributed by atoms with Gasteiger partial charge in [-0.05, 0) is 43.2 Å². The Hall–Kier alpha value is -1.19. The zero-order valence-corrected chi connectivity index (χ0v) is 11.2. The number of hydrogen-bond donors (Lipinski definition) is 2. The molecule has 3 N–H and O–H groups in total. The van der Waals surface area contributed by atoms with Crippen LogP contribution in [0.4, 0.5) is 11.4 Å². The van der Waals surface area contributed by atoms with Gasteiger partial charge in [-0.2, -0.15) is 0 Å². The van der Waals surface area contributed by atoms with E-state index in [1.807, 2.05) is 24.3 Å². The van der Waals surface area contributed by atoms with Crippen molar-refractivity contribution in [3.05, 3.63) is 45.1 Å². The van der Waals surface area contributed by atoms with Gasteiger partial charge < -0.3 is 11.1 Å². The Morgan fingerprint density at radius 3 is 2.82 bits per heavy atom. The maximum atomic E-state index is 5.88. The lowest BCUT2D eigenvalue weighted by Crippen LogP contribution is -2.05. The highest BCUT2D eigenvalue weighted by molar-refractivity contribution is 7.16. The predicted molar refractivity (Wildman–Crippen MR) is 77.1 cm³/mol. The topological polar surface area (TPSA) is 38.0 Å². The summed E-state index contributed by atoms with van der Waals surface area (Å²) in [7, 11) is 0. The van der Waals surface area contributed by atoms with Gasteiger partial charge >= 0.3 is 0 Å². The zero-order chi connectivity index (χ0) is 12.3. The van der Waals surface area contributed by atoms with Gasteiger partial charge in [0.25, 0.3) is 0 Å². The van der Waals surface area contributed by atoms with Crippen molar-refractivity contribution in [2.75, 3.05) is 17.6 Å². The van der Waals surface area contributed by atoms with E-state index in [1.165, 1.54) is 10.4 Å². The van der Waals surface area contributed by atoms with Crippen LogP contribution in [0.2, 0.25) is 4.34 Å². The number of hydrogen-bond acceptors (Lipinski definition) is 3. The van der Waals surface area contributed by atoms with Crippen LogP contribution in [0.5, 0.6) is 0 Å². The van der Waals surface area contributed by atoms with Gasteiger partial charge in [-0.25, -0.2) is 0 Å². The molecule has 0 saturated carbocycles. The van der Waals surface area contributed by atoms with E-state index in [4.69, 9.17) is 17.3 Å². The Morgan fingerprint density at radius 1 is 1.29 bits per heavy atom. The molecule has 0 spiro atoms. The monoisotopic (exact) mass is 266 g/mol. The molecule has 0 aliphatic carbocycles. The summed E-state index contributed by atoms with van der Waals surface area (Å²) in [6.45, 7) is 2.96. The quantitative estimate of drug-likeness (QED) is 0.823. The standard InChI is InChI=1S/C13H15ClN2S/c1-9-2-3-10(15)8-12(9)16-7-6-11-4-5-13(14)17-11/h2-5,8,16H,6-7,15H2,1H3. The van der Waals surface area contributed by atoms with Gasteiger partial charge in [0.15, 0.2) is 0 Å². The minimum Gasteiger partial charge on any atom is -0.399 e. The molecule has 0 aliphatic rings. The van der Waals surface area contributed by atoms with E-state index >= 15 is 0 Å². The molecule has 2 aromatic rings. The molecule has 1 aromatic heterocycles. The second-order valence-electron chi connectivity index (χ2n) is 3.96. The first-order valence-corrected chi connectivity index (χ1v) is 6.69. The van der Waals surface area contributed by atoms with E-state index in [-0.39, 0.29) is 0 Å². The smallest absolute Gasteiger partial charge is 0.0931 e. The number of anilines is 2. The number of rotatable bonds is 4. The van der Waals surface area contributed by atoms with Crippen molar-refractivity contribution in [1.29, 1.82) is 0 Å². The lowest BCUT2D eigenvalue weighted by atomic mass is 10.2. The van der Waals surface area contributed by atoms with Crippen LogP contribution < -0.4 is 11.1 Å². The molecule has 2 nitrogen and oxygen atoms in total. The van der Waals surface area contributed by atoms with Gasteiger partial charge in [0, 0.05) is 22.8 Å². The first kappa shape index (κ1) is 12.3. The molecule has 0 atom stereocenters. The predicted octanol–water partition coefficient (Wildman–Crippen LogP) is 3.95. The Kier molecular flexibility index (Phi) is 3.92. The lowest BCUT2D eigenvalue weighted by molar-refractivity contribution is 1.04. The van der Waals surface area contributed by atoms with Crippen molar-refractivity contribution >= 4 is 34.3 Å². The van der Waals surface area contributed by atoms with Gasteiger partial charge in [0.05, 0.1) is 4.34 Å². The molecule has 1 aromatic carbocycles. The number of nitrogens with one attached hydrogen (secondary N) is 1. The highest BCUT2D eigenvalue weighted by Gasteiger charge is 2.00. The summed E-state index contributed by atoms with van der Waals surface area (Å²) in [5, 5.41) is 3.40. The van der Waals surface area contributed by atoms with Crippen LogP contribution >= 0.6 is 22.9 Å². The lowest BCUT2D eigenvalue weighted by Gasteiger charge is -2.09. The molecule has 4 heteroatoms. The molecule has 17 heavy (non-hydrogen) atoms. The Labute approximate surface area is 110 Å². The average Bonchev–Trinajstić information content (AvgIpc) is 2.69. The average molecular weight is 267 g/mol. The summed E-state index contributed by atoms with van der Waals surface area (Å²) in [6, 6.07) is 9.92. The van der Waals surface area contributed by atoms with Crippen molar-refractivity contribution in [2.45, 2.75) is 13.3 Å². The largest absolute Gasteiger partial charge is 0.399 e. The Bertz CT molecular complexity index is 508. The maximum absolute atomic E-state index is 5.88. The molecule has 0 aliphatic heterocycles. The normalized spacial score (nSPS) is 10.5. The molecule has 90 valence electrons. The van der Waals surface area contributed by atoms with Crippen molar-refractivity contribution < 1.29 is 0 Å². The number of nitrogens with two attached hydrogens (primary N) is 1. The second kappa shape index (κ2) is 5.43. The molecular formula is C13H15ClN2S. The van der Waals surface area contributed by atoms with Crippen LogP contribution in [0.15, 0.2) is 30.3 Å². The third-order valence-corrected chi connectivity index (χ3v) is 3.87. The number of halogens is 1. The van der Waals surface area contributed by atoms with Crippen molar-refractivity contribution in [1.82, 2.24) is 0 Å². The van der Waals surface area contributed by atoms with E-state index < -0.39 is 0 Å². The zero-order valence-electron chi connectivity index (χ0n) is 9.66. The Morgan fingerprint density at radius 2 is 2.12 bits per heavy atom. The fraction of sp³-hybridized carbons (Fsp3) is 0.231. The third kappa shape index (κ3) is 3.38. The molecular weight excluding hydrogens is 252 g/mol. The third-order valence-electron chi connectivity index (χ3n) is 2.58. The molecule has 0 bridgehead atoms. The van der Waals surface area contributed by atoms with Crippen LogP contribution in [-0.4, -0.2) is 6.54 Å². The minimum atomic E-state index is 0.789. The first-order chi connectivity index (χ1) is 8.15. The minimum absolute atomic E-state index is 0.789. The molecule has 0 amide bonds. The summed E-state index contributed by atoms with van der Waals surface area (Å²) < 4.78 is 0.847. The van der Waals surface area contributed by atoms with Crippen LogP contribution in [-0.2, 0) is 6.42 Å². The number of benzene rings is 1. The van der Waals surface area contributed by atoms with Crippen LogP contribution in [0, 0.1) is 6.92 Å². The summed E-state index contributed by atoms with van der Waals surface area (Å²) in [6.07, 6.45) is 0.978. The van der Waals surface area contributed by atoms with Gasteiger partial charge in [-0.1, -0.05) is 17.7 Å². The summed E-state index contributed by atoms with van der Waals surface area (Å²) in [5.74, 6) is 0. The number of thiophene rings is 1. The molecule has 0 radical (unpaired) electrons. The van der Waals surface area contributed by atoms with Crippen molar-refractivity contribution in [3.8, 4) is 0 Å². The van der Waals surface area contributed by atoms with Crippen LogP contribution in [0.1, 0.15) is 10.4 Å². The molecule has 0 unspecified atom stereocenters. The Balaban J connectivity index is 1.91. The van der Waals surface area contributed by atoms with Gasteiger partial charge in [0.2, 0.25) is 0 Å². The highest BCUT2D eigenvalue weighted by atomic mass is 35.5. The second-order valence-corrected chi connectivity index (χ2v) is 5.76. The van der Waals surface area contributed by atoms with Crippen LogP contribution in [0.25, 0.3) is 0 Å². The van der Waals surface area contributed by atoms with Gasteiger partial charge in [0.1, 0.15) is 0 Å². The SMILES string of the molecule is Cc1ccc(N)cc1NCCc1ccc(Cl)s1. The van der Waals surface area contributed by atoms with Crippen LogP contribution in [0.3, 0.4) is 0 Å². The van der Waals surface area contributed by atoms with E-state index in [9.17, 15) is 0 Å². The fourth-order valence-corrected chi connectivity index (χ4v) is 2.72. The maximum Gasteiger partial charge on any atom is 0.0931 e. The molecule has 0 saturated heterocycles. The fourth-order valence-electron chi connectivity index (χ4n) is 1.64. The molecule has 2 rings (SSSR count). The van der Waals surface area contributed by atoms with Gasteiger partial charge in [-0.15, -0.1) is 11.3 Å². The van der Waals surface area contributed by atoms with E-state index in [2.05, 4.69) is 18.3 Å². The summed E-state index contributed by atoms with van der Waals surface area (Å²) in [5.41, 5.74) is 8.86. The van der Waals surface area contributed by atoms with E-state index in [0.717, 1.165) is 28.7 Å². The molecule has 1 heterocycles.